The van der Waals surface area contributed by atoms with Gasteiger partial charge in [-0.1, -0.05) is 6.07 Å². The van der Waals surface area contributed by atoms with Gasteiger partial charge in [-0.05, 0) is 49.2 Å². The van der Waals surface area contributed by atoms with Gasteiger partial charge in [0, 0.05) is 23.5 Å². The molecule has 5 rings (SSSR count). The molecule has 1 atom stereocenters. The molecule has 4 aromatic rings. The Bertz CT molecular complexity index is 1120. The van der Waals surface area contributed by atoms with E-state index in [9.17, 15) is 0 Å². The summed E-state index contributed by atoms with van der Waals surface area (Å²) in [7, 11) is 0. The highest BCUT2D eigenvalue weighted by Crippen LogP contribution is 2.30. The van der Waals surface area contributed by atoms with E-state index < -0.39 is 0 Å². The molecule has 9 heteroatoms. The van der Waals surface area contributed by atoms with E-state index in [0.29, 0.717) is 17.5 Å². The van der Waals surface area contributed by atoms with Gasteiger partial charge in [0.15, 0.2) is 11.5 Å². The van der Waals surface area contributed by atoms with Gasteiger partial charge in [0.05, 0.1) is 5.52 Å². The number of anilines is 3. The molecule has 7 N–H and O–H groups in total. The molecule has 27 heavy (non-hydrogen) atoms. The summed E-state index contributed by atoms with van der Waals surface area (Å²) < 4.78 is 1.78. The molecular formula is C18H21N9. The Balaban J connectivity index is 1.59. The van der Waals surface area contributed by atoms with Crippen molar-refractivity contribution in [2.24, 2.45) is 0 Å². The number of pyridine rings is 1. The number of piperidine rings is 1. The molecule has 1 fully saturated rings. The summed E-state index contributed by atoms with van der Waals surface area (Å²) in [6.07, 6.45) is 2.28. The zero-order chi connectivity index (χ0) is 18.4. The molecule has 1 aliphatic rings. The van der Waals surface area contributed by atoms with E-state index in [1.807, 2.05) is 30.3 Å². The zero-order valence-electron chi connectivity index (χ0n) is 14.7. The van der Waals surface area contributed by atoms with Gasteiger partial charge in [-0.3, -0.25) is 5.10 Å². The van der Waals surface area contributed by atoms with Crippen molar-refractivity contribution in [3.05, 3.63) is 30.3 Å². The summed E-state index contributed by atoms with van der Waals surface area (Å²) in [5.41, 5.74) is 15.3. The van der Waals surface area contributed by atoms with Crippen LogP contribution >= 0.6 is 0 Å². The van der Waals surface area contributed by atoms with Crippen molar-refractivity contribution in [1.82, 2.24) is 30.1 Å². The lowest BCUT2D eigenvalue weighted by atomic mass is 10.0. The fourth-order valence-electron chi connectivity index (χ4n) is 3.70. The van der Waals surface area contributed by atoms with Gasteiger partial charge in [0.2, 0.25) is 5.95 Å². The van der Waals surface area contributed by atoms with Crippen LogP contribution in [0.15, 0.2) is 30.3 Å². The number of nitrogens with zero attached hydrogens (tertiary/aromatic N) is 4. The summed E-state index contributed by atoms with van der Waals surface area (Å²) in [5, 5.41) is 19.3. The number of fused-ring (bicyclic) bond motifs is 2. The molecule has 0 spiro atoms. The van der Waals surface area contributed by atoms with E-state index in [4.69, 9.17) is 11.5 Å². The van der Waals surface area contributed by atoms with Gasteiger partial charge in [-0.15, -0.1) is 5.10 Å². The number of nitrogens with one attached hydrogen (secondary N) is 3. The first kappa shape index (κ1) is 15.9. The van der Waals surface area contributed by atoms with Crippen LogP contribution < -0.4 is 22.1 Å². The monoisotopic (exact) mass is 363 g/mol. The number of rotatable bonds is 3. The predicted molar refractivity (Wildman–Crippen MR) is 106 cm³/mol. The molecule has 0 radical (unpaired) electrons. The quantitative estimate of drug-likeness (QED) is 0.373. The average molecular weight is 363 g/mol. The van der Waals surface area contributed by atoms with Crippen LogP contribution in [-0.2, 0) is 0 Å². The minimum atomic E-state index is 0.249. The highest BCUT2D eigenvalue weighted by molar-refractivity contribution is 5.93. The van der Waals surface area contributed by atoms with E-state index in [-0.39, 0.29) is 5.95 Å². The topological polar surface area (TPSA) is 135 Å². The molecule has 0 amide bonds. The van der Waals surface area contributed by atoms with Crippen molar-refractivity contribution in [1.29, 1.82) is 0 Å². The molecule has 1 aromatic carbocycles. The van der Waals surface area contributed by atoms with Crippen LogP contribution in [0.2, 0.25) is 0 Å². The van der Waals surface area contributed by atoms with Crippen molar-refractivity contribution >= 4 is 34.1 Å². The maximum absolute atomic E-state index is 5.92. The number of benzene rings is 1. The molecule has 1 aliphatic heterocycles. The number of H-pyrrole nitrogens is 1. The van der Waals surface area contributed by atoms with Gasteiger partial charge in [-0.2, -0.15) is 14.6 Å². The Hall–Kier alpha value is -3.33. The molecule has 3 aromatic heterocycles. The highest BCUT2D eigenvalue weighted by atomic mass is 15.4. The van der Waals surface area contributed by atoms with Crippen LogP contribution in [0.3, 0.4) is 0 Å². The van der Waals surface area contributed by atoms with Gasteiger partial charge < -0.3 is 22.1 Å². The van der Waals surface area contributed by atoms with E-state index in [2.05, 4.69) is 30.9 Å². The SMILES string of the molecule is Nc1nc2c(-c3ccc4c(N)n[nH]c4c3)ccc(NC3CCCNC3)n2n1. The smallest absolute Gasteiger partial charge is 0.240 e. The number of nitrogen functional groups attached to an aromatic ring is 2. The fourth-order valence-corrected chi connectivity index (χ4v) is 3.70. The van der Waals surface area contributed by atoms with Gasteiger partial charge in [0.25, 0.3) is 0 Å². The standard InChI is InChI=1S/C18H21N9/c19-16-13-4-3-10(8-14(13)24-25-16)12-5-6-15(22-11-2-1-7-21-9-11)27-17(12)23-18(20)26-27/h3-6,8,11,21-22H,1-2,7,9H2,(H2,20,26)(H3,19,24,25). The lowest BCUT2D eigenvalue weighted by Crippen LogP contribution is -2.38. The van der Waals surface area contributed by atoms with E-state index in [0.717, 1.165) is 53.8 Å². The van der Waals surface area contributed by atoms with Gasteiger partial charge in [0.1, 0.15) is 5.82 Å². The first-order valence-corrected chi connectivity index (χ1v) is 9.05. The van der Waals surface area contributed by atoms with E-state index in [1.165, 1.54) is 0 Å². The van der Waals surface area contributed by atoms with Crippen LogP contribution in [-0.4, -0.2) is 43.9 Å². The summed E-state index contributed by atoms with van der Waals surface area (Å²) >= 11 is 0. The summed E-state index contributed by atoms with van der Waals surface area (Å²) in [6.45, 7) is 2.01. The van der Waals surface area contributed by atoms with Crippen molar-refractivity contribution in [2.45, 2.75) is 18.9 Å². The second-order valence-electron chi connectivity index (χ2n) is 6.89. The predicted octanol–water partition coefficient (Wildman–Crippen LogP) is 1.60. The minimum Gasteiger partial charge on any atom is -0.382 e. The number of aromatic nitrogens is 5. The zero-order valence-corrected chi connectivity index (χ0v) is 14.7. The lowest BCUT2D eigenvalue weighted by Gasteiger charge is -2.25. The van der Waals surface area contributed by atoms with Gasteiger partial charge >= 0.3 is 0 Å². The van der Waals surface area contributed by atoms with Crippen LogP contribution in [0.1, 0.15) is 12.8 Å². The van der Waals surface area contributed by atoms with Crippen LogP contribution in [0.25, 0.3) is 27.7 Å². The van der Waals surface area contributed by atoms with Crippen LogP contribution in [0, 0.1) is 0 Å². The molecule has 9 nitrogen and oxygen atoms in total. The normalized spacial score (nSPS) is 17.6. The molecule has 0 bridgehead atoms. The third kappa shape index (κ3) is 2.72. The fraction of sp³-hybridized carbons (Fsp3) is 0.278. The molecule has 138 valence electrons. The maximum Gasteiger partial charge on any atom is 0.240 e. The minimum absolute atomic E-state index is 0.249. The average Bonchev–Trinajstić information content (AvgIpc) is 3.25. The maximum atomic E-state index is 5.92. The lowest BCUT2D eigenvalue weighted by molar-refractivity contribution is 0.478. The molecular weight excluding hydrogens is 342 g/mol. The summed E-state index contributed by atoms with van der Waals surface area (Å²) in [4.78, 5) is 4.45. The second kappa shape index (κ2) is 6.13. The summed E-state index contributed by atoms with van der Waals surface area (Å²) in [6, 6.07) is 10.4. The Morgan fingerprint density at radius 2 is 2.11 bits per heavy atom. The molecule has 0 saturated carbocycles. The highest BCUT2D eigenvalue weighted by Gasteiger charge is 2.17. The first-order chi connectivity index (χ1) is 13.2. The van der Waals surface area contributed by atoms with Crippen LogP contribution in [0.5, 0.6) is 0 Å². The molecule has 0 aliphatic carbocycles. The summed E-state index contributed by atoms with van der Waals surface area (Å²) in [5.74, 6) is 1.63. The number of nitrogens with two attached hydrogens (primary N) is 2. The van der Waals surface area contributed by atoms with Crippen molar-refractivity contribution in [2.75, 3.05) is 29.9 Å². The third-order valence-electron chi connectivity index (χ3n) is 5.05. The molecule has 4 heterocycles. The molecule has 1 unspecified atom stereocenters. The van der Waals surface area contributed by atoms with Crippen molar-refractivity contribution in [3.8, 4) is 11.1 Å². The van der Waals surface area contributed by atoms with Crippen molar-refractivity contribution < 1.29 is 0 Å². The number of hydrogen-bond donors (Lipinski definition) is 5. The van der Waals surface area contributed by atoms with Crippen LogP contribution in [0.4, 0.5) is 17.6 Å². The first-order valence-electron chi connectivity index (χ1n) is 9.05. The third-order valence-corrected chi connectivity index (χ3v) is 5.05. The second-order valence-corrected chi connectivity index (χ2v) is 6.89. The Kier molecular flexibility index (Phi) is 3.61. The Morgan fingerprint density at radius 3 is 2.96 bits per heavy atom. The van der Waals surface area contributed by atoms with Gasteiger partial charge in [-0.25, -0.2) is 0 Å². The number of hydrogen-bond acceptors (Lipinski definition) is 7. The Morgan fingerprint density at radius 1 is 1.19 bits per heavy atom. The number of aromatic amines is 1. The largest absolute Gasteiger partial charge is 0.382 e. The van der Waals surface area contributed by atoms with E-state index in [1.54, 1.807) is 4.52 Å². The Labute approximate surface area is 155 Å². The van der Waals surface area contributed by atoms with E-state index >= 15 is 0 Å². The molecule has 1 saturated heterocycles. The van der Waals surface area contributed by atoms with Crippen molar-refractivity contribution in [3.63, 3.8) is 0 Å².